The Labute approximate surface area is 119 Å². The quantitative estimate of drug-likeness (QED) is 0.929. The highest BCUT2D eigenvalue weighted by Crippen LogP contribution is 2.36. The van der Waals surface area contributed by atoms with E-state index in [1.54, 1.807) is 7.11 Å². The maximum Gasteiger partial charge on any atom is 0.128 e. The second-order valence-electron chi connectivity index (χ2n) is 5.54. The number of nitrogens with zero attached hydrogens (tertiary/aromatic N) is 1. The number of phenols is 1. The summed E-state index contributed by atoms with van der Waals surface area (Å²) in [5, 5.41) is 12.6. The van der Waals surface area contributed by atoms with Crippen LogP contribution in [0.5, 0.6) is 5.75 Å². The molecule has 0 bridgehead atoms. The van der Waals surface area contributed by atoms with Crippen molar-refractivity contribution in [3.63, 3.8) is 0 Å². The molecule has 3 heteroatoms. The minimum atomic E-state index is 0.208. The lowest BCUT2D eigenvalue weighted by molar-refractivity contribution is 0.102. The lowest BCUT2D eigenvalue weighted by atomic mass is 10.0. The maximum atomic E-state index is 10.5. The van der Waals surface area contributed by atoms with Crippen molar-refractivity contribution in [3.05, 3.63) is 42.0 Å². The lowest BCUT2D eigenvalue weighted by Crippen LogP contribution is -2.26. The molecule has 1 aliphatic heterocycles. The van der Waals surface area contributed by atoms with E-state index >= 15 is 0 Å². The van der Waals surface area contributed by atoms with Crippen molar-refractivity contribution in [1.82, 2.24) is 4.90 Å². The van der Waals surface area contributed by atoms with E-state index in [4.69, 9.17) is 4.74 Å². The predicted octanol–water partition coefficient (Wildman–Crippen LogP) is 3.33. The minimum absolute atomic E-state index is 0.208. The van der Waals surface area contributed by atoms with Gasteiger partial charge in [0.1, 0.15) is 5.75 Å². The molecule has 0 radical (unpaired) electrons. The molecule has 3 rings (SSSR count). The highest BCUT2D eigenvalue weighted by molar-refractivity contribution is 5.89. The first-order chi connectivity index (χ1) is 9.70. The fraction of sp³-hybridized carbons (Fsp3) is 0.412. The number of methoxy groups -OCH3 is 1. The summed E-state index contributed by atoms with van der Waals surface area (Å²) >= 11 is 0. The number of aromatic hydroxyl groups is 1. The Kier molecular flexibility index (Phi) is 3.64. The zero-order valence-corrected chi connectivity index (χ0v) is 12.0. The van der Waals surface area contributed by atoms with Gasteiger partial charge in [-0.15, -0.1) is 0 Å². The highest BCUT2D eigenvalue weighted by atomic mass is 16.5. The van der Waals surface area contributed by atoms with Crippen LogP contribution in [-0.4, -0.2) is 36.3 Å². The molecule has 2 unspecified atom stereocenters. The normalized spacial score (nSPS) is 21.4. The van der Waals surface area contributed by atoms with Crippen LogP contribution in [0.25, 0.3) is 10.8 Å². The van der Waals surface area contributed by atoms with E-state index < -0.39 is 0 Å². The molecule has 1 fully saturated rings. The molecule has 1 heterocycles. The molecule has 1 saturated heterocycles. The molecule has 3 nitrogen and oxygen atoms in total. The zero-order valence-electron chi connectivity index (χ0n) is 12.0. The van der Waals surface area contributed by atoms with Gasteiger partial charge in [-0.25, -0.2) is 0 Å². The van der Waals surface area contributed by atoms with Crippen LogP contribution >= 0.6 is 0 Å². The van der Waals surface area contributed by atoms with E-state index in [0.29, 0.717) is 11.9 Å². The van der Waals surface area contributed by atoms with E-state index in [1.807, 2.05) is 30.3 Å². The van der Waals surface area contributed by atoms with Gasteiger partial charge in [0.25, 0.3) is 0 Å². The fourth-order valence-electron chi connectivity index (χ4n) is 3.10. The topological polar surface area (TPSA) is 32.7 Å². The molecule has 106 valence electrons. The van der Waals surface area contributed by atoms with Crippen molar-refractivity contribution in [2.24, 2.45) is 0 Å². The van der Waals surface area contributed by atoms with Crippen molar-refractivity contribution < 1.29 is 9.84 Å². The molecule has 20 heavy (non-hydrogen) atoms. The Hall–Kier alpha value is -1.58. The smallest absolute Gasteiger partial charge is 0.128 e. The number of hydrogen-bond donors (Lipinski definition) is 1. The first-order valence-corrected chi connectivity index (χ1v) is 7.18. The van der Waals surface area contributed by atoms with E-state index in [2.05, 4.69) is 17.9 Å². The third kappa shape index (κ3) is 2.28. The molecule has 2 aromatic carbocycles. The average Bonchev–Trinajstić information content (AvgIpc) is 2.96. The first-order valence-electron chi connectivity index (χ1n) is 7.18. The van der Waals surface area contributed by atoms with Crippen molar-refractivity contribution >= 4 is 10.8 Å². The van der Waals surface area contributed by atoms with Gasteiger partial charge in [-0.05, 0) is 18.7 Å². The number of benzene rings is 2. The van der Waals surface area contributed by atoms with Crippen LogP contribution in [0, 0.1) is 0 Å². The molecule has 0 saturated carbocycles. The van der Waals surface area contributed by atoms with Crippen LogP contribution in [0.4, 0.5) is 0 Å². The van der Waals surface area contributed by atoms with Gasteiger partial charge in [-0.2, -0.15) is 0 Å². The summed E-state index contributed by atoms with van der Waals surface area (Å²) < 4.78 is 5.42. The Bertz CT molecular complexity index is 611. The van der Waals surface area contributed by atoms with Gasteiger partial charge in [-0.1, -0.05) is 36.4 Å². The Morgan fingerprint density at radius 3 is 2.80 bits per heavy atom. The zero-order chi connectivity index (χ0) is 14.1. The van der Waals surface area contributed by atoms with Gasteiger partial charge in [0.15, 0.2) is 0 Å². The summed E-state index contributed by atoms with van der Waals surface area (Å²) in [5.74, 6) is 0.413. The molecule has 1 aliphatic rings. The van der Waals surface area contributed by atoms with E-state index in [0.717, 1.165) is 35.8 Å². The molecular weight excluding hydrogens is 250 g/mol. The third-order valence-corrected chi connectivity index (χ3v) is 4.44. The monoisotopic (exact) mass is 271 g/mol. The summed E-state index contributed by atoms with van der Waals surface area (Å²) in [6.45, 7) is 4.11. The molecule has 1 N–H and O–H groups in total. The van der Waals surface area contributed by atoms with Crippen LogP contribution in [0.15, 0.2) is 36.4 Å². The van der Waals surface area contributed by atoms with Crippen LogP contribution in [-0.2, 0) is 4.74 Å². The van der Waals surface area contributed by atoms with Crippen molar-refractivity contribution in [2.45, 2.75) is 25.5 Å². The largest absolute Gasteiger partial charge is 0.507 e. The molecule has 2 atom stereocenters. The molecule has 0 amide bonds. The first kappa shape index (κ1) is 13.4. The third-order valence-electron chi connectivity index (χ3n) is 4.44. The van der Waals surface area contributed by atoms with Gasteiger partial charge in [0, 0.05) is 37.2 Å². The molecular formula is C17H21NO2. The summed E-state index contributed by atoms with van der Waals surface area (Å²) in [6, 6.07) is 12.3. The minimum Gasteiger partial charge on any atom is -0.507 e. The average molecular weight is 271 g/mol. The van der Waals surface area contributed by atoms with Crippen molar-refractivity contribution in [1.29, 1.82) is 0 Å². The van der Waals surface area contributed by atoms with E-state index in [1.165, 1.54) is 0 Å². The predicted molar refractivity (Wildman–Crippen MR) is 81.0 cm³/mol. The second-order valence-corrected chi connectivity index (χ2v) is 5.54. The van der Waals surface area contributed by atoms with Crippen LogP contribution in [0.2, 0.25) is 0 Å². The SMILES string of the molecule is COC1CCN(C(C)c2ccc3ccccc3c2O)C1. The lowest BCUT2D eigenvalue weighted by Gasteiger charge is -2.25. The van der Waals surface area contributed by atoms with Crippen LogP contribution in [0.3, 0.4) is 0 Å². The Morgan fingerprint density at radius 1 is 1.25 bits per heavy atom. The van der Waals surface area contributed by atoms with Crippen molar-refractivity contribution in [3.8, 4) is 5.75 Å². The van der Waals surface area contributed by atoms with Crippen molar-refractivity contribution in [2.75, 3.05) is 20.2 Å². The molecule has 0 aliphatic carbocycles. The molecule has 0 aromatic heterocycles. The Balaban J connectivity index is 1.92. The van der Waals surface area contributed by atoms with Gasteiger partial charge in [0.05, 0.1) is 6.10 Å². The van der Waals surface area contributed by atoms with Gasteiger partial charge >= 0.3 is 0 Å². The number of ether oxygens (including phenoxy) is 1. The van der Waals surface area contributed by atoms with Gasteiger partial charge in [0.2, 0.25) is 0 Å². The Morgan fingerprint density at radius 2 is 2.05 bits per heavy atom. The maximum absolute atomic E-state index is 10.5. The summed E-state index contributed by atoms with van der Waals surface area (Å²) in [5.41, 5.74) is 1.00. The highest BCUT2D eigenvalue weighted by Gasteiger charge is 2.28. The van der Waals surface area contributed by atoms with Gasteiger partial charge < -0.3 is 9.84 Å². The van der Waals surface area contributed by atoms with Crippen LogP contribution in [0.1, 0.15) is 24.9 Å². The standard InChI is InChI=1S/C17H21NO2/c1-12(18-10-9-14(11-18)20-2)15-8-7-13-5-3-4-6-16(13)17(15)19/h3-8,12,14,19H,9-11H2,1-2H3. The number of rotatable bonds is 3. The molecule has 2 aromatic rings. The van der Waals surface area contributed by atoms with Crippen LogP contribution < -0.4 is 0 Å². The summed E-state index contributed by atoms with van der Waals surface area (Å²) in [4.78, 5) is 2.37. The second kappa shape index (κ2) is 5.43. The number of phenolic OH excluding ortho intramolecular Hbond substituents is 1. The number of fused-ring (bicyclic) bond motifs is 1. The molecule has 0 spiro atoms. The summed E-state index contributed by atoms with van der Waals surface area (Å²) in [6.07, 6.45) is 1.38. The van der Waals surface area contributed by atoms with E-state index in [-0.39, 0.29) is 6.04 Å². The fourth-order valence-corrected chi connectivity index (χ4v) is 3.10. The van der Waals surface area contributed by atoms with E-state index in [9.17, 15) is 5.11 Å². The van der Waals surface area contributed by atoms with Gasteiger partial charge in [-0.3, -0.25) is 4.90 Å². The number of likely N-dealkylation sites (tertiary alicyclic amines) is 1. The summed E-state index contributed by atoms with van der Waals surface area (Å²) in [7, 11) is 1.77. The number of hydrogen-bond acceptors (Lipinski definition) is 3.